The number of ether oxygens (including phenoxy) is 1. The minimum absolute atomic E-state index is 0.284. The zero-order valence-electron chi connectivity index (χ0n) is 14.7. The third-order valence-electron chi connectivity index (χ3n) is 4.57. The lowest BCUT2D eigenvalue weighted by Gasteiger charge is -2.15. The number of benzene rings is 1. The normalized spacial score (nSPS) is 13.7. The van der Waals surface area contributed by atoms with Crippen LogP contribution in [0, 0.1) is 0 Å². The van der Waals surface area contributed by atoms with Gasteiger partial charge in [-0.2, -0.15) is 5.10 Å². The second kappa shape index (κ2) is 7.57. The zero-order valence-corrected chi connectivity index (χ0v) is 17.9. The predicted octanol–water partition coefficient (Wildman–Crippen LogP) is 3.47. The van der Waals surface area contributed by atoms with E-state index < -0.39 is 0 Å². The monoisotopic (exact) mass is 492 g/mol. The predicted molar refractivity (Wildman–Crippen MR) is 110 cm³/mol. The molecular formula is C18H18Br2N6O. The number of nitrogens with zero attached hydrogens (tertiary/aromatic N) is 5. The number of nitrogen functional groups attached to an aromatic ring is 1. The van der Waals surface area contributed by atoms with E-state index in [9.17, 15) is 0 Å². The van der Waals surface area contributed by atoms with E-state index in [0.29, 0.717) is 0 Å². The highest BCUT2D eigenvalue weighted by molar-refractivity contribution is 9.11. The number of nitrogens with two attached hydrogens (primary N) is 1. The summed E-state index contributed by atoms with van der Waals surface area (Å²) in [5.41, 5.74) is 9.87. The molecule has 0 bridgehead atoms. The lowest BCUT2D eigenvalue weighted by molar-refractivity contribution is 0.265. The molecule has 7 nitrogen and oxygen atoms in total. The topological polar surface area (TPSA) is 82.1 Å². The maximum atomic E-state index is 6.01. The smallest absolute Gasteiger partial charge is 0.220 e. The van der Waals surface area contributed by atoms with Gasteiger partial charge in [0.1, 0.15) is 5.75 Å². The van der Waals surface area contributed by atoms with Crippen molar-refractivity contribution in [2.45, 2.75) is 19.6 Å². The van der Waals surface area contributed by atoms with Gasteiger partial charge < -0.3 is 10.5 Å². The first-order valence-corrected chi connectivity index (χ1v) is 10.0. The standard InChI is InChI=1S/C18H18Br2N6O/c1-27-16-7-11(13(19)8-14(16)20)17-12-9-25(5-6-26-4-2-3-22-26)10-15(12)23-18(21)24-17/h2-4,7-8H,5-6,9-10H2,1H3,(H2,21,23,24). The fraction of sp³-hybridized carbons (Fsp3) is 0.278. The summed E-state index contributed by atoms with van der Waals surface area (Å²) in [6.07, 6.45) is 3.76. The molecule has 0 amide bonds. The third kappa shape index (κ3) is 3.71. The summed E-state index contributed by atoms with van der Waals surface area (Å²) in [6.45, 7) is 3.23. The summed E-state index contributed by atoms with van der Waals surface area (Å²) in [5.74, 6) is 1.03. The molecule has 0 unspecified atom stereocenters. The van der Waals surface area contributed by atoms with Crippen LogP contribution >= 0.6 is 31.9 Å². The fourth-order valence-corrected chi connectivity index (χ4v) is 4.61. The van der Waals surface area contributed by atoms with Crippen molar-refractivity contribution in [3.63, 3.8) is 0 Å². The van der Waals surface area contributed by atoms with Crippen LogP contribution in [0.4, 0.5) is 5.95 Å². The van der Waals surface area contributed by atoms with Crippen molar-refractivity contribution in [2.24, 2.45) is 0 Å². The molecule has 9 heteroatoms. The number of methoxy groups -OCH3 is 1. The maximum absolute atomic E-state index is 6.01. The minimum Gasteiger partial charge on any atom is -0.496 e. The first kappa shape index (κ1) is 18.4. The second-order valence-corrected chi connectivity index (χ2v) is 8.01. The molecule has 0 aliphatic carbocycles. The Morgan fingerprint density at radius 1 is 1.15 bits per heavy atom. The van der Waals surface area contributed by atoms with Gasteiger partial charge in [0.2, 0.25) is 5.95 Å². The highest BCUT2D eigenvalue weighted by Crippen LogP contribution is 2.39. The molecule has 1 aromatic carbocycles. The summed E-state index contributed by atoms with van der Waals surface area (Å²) in [5, 5.41) is 4.26. The van der Waals surface area contributed by atoms with Crippen molar-refractivity contribution in [1.29, 1.82) is 0 Å². The number of anilines is 1. The van der Waals surface area contributed by atoms with Gasteiger partial charge in [0.25, 0.3) is 0 Å². The quantitative estimate of drug-likeness (QED) is 0.586. The van der Waals surface area contributed by atoms with Gasteiger partial charge >= 0.3 is 0 Å². The Morgan fingerprint density at radius 3 is 2.74 bits per heavy atom. The van der Waals surface area contributed by atoms with Crippen LogP contribution in [-0.4, -0.2) is 38.3 Å². The summed E-state index contributed by atoms with van der Waals surface area (Å²) in [4.78, 5) is 11.3. The van der Waals surface area contributed by atoms with Crippen LogP contribution in [0.2, 0.25) is 0 Å². The molecule has 4 rings (SSSR count). The van der Waals surface area contributed by atoms with Crippen LogP contribution in [0.5, 0.6) is 5.75 Å². The van der Waals surface area contributed by atoms with E-state index in [4.69, 9.17) is 10.5 Å². The second-order valence-electron chi connectivity index (χ2n) is 6.30. The van der Waals surface area contributed by atoms with Gasteiger partial charge in [0, 0.05) is 47.6 Å². The molecule has 27 heavy (non-hydrogen) atoms. The van der Waals surface area contributed by atoms with Crippen LogP contribution in [0.3, 0.4) is 0 Å². The van der Waals surface area contributed by atoms with Crippen molar-refractivity contribution in [3.05, 3.63) is 50.8 Å². The molecule has 2 aromatic heterocycles. The number of hydrogen-bond donors (Lipinski definition) is 1. The maximum Gasteiger partial charge on any atom is 0.220 e. The molecule has 0 fully saturated rings. The summed E-state index contributed by atoms with van der Waals surface area (Å²) < 4.78 is 9.18. The number of halogens is 2. The molecule has 0 spiro atoms. The van der Waals surface area contributed by atoms with Gasteiger partial charge in [-0.05, 0) is 34.1 Å². The van der Waals surface area contributed by atoms with Crippen molar-refractivity contribution in [1.82, 2.24) is 24.6 Å². The molecule has 140 valence electrons. The van der Waals surface area contributed by atoms with Gasteiger partial charge in [-0.25, -0.2) is 9.97 Å². The average molecular weight is 494 g/mol. The molecule has 3 aromatic rings. The number of aromatic nitrogens is 4. The van der Waals surface area contributed by atoms with E-state index in [2.05, 4.69) is 51.8 Å². The Balaban J connectivity index is 1.66. The van der Waals surface area contributed by atoms with Crippen molar-refractivity contribution in [2.75, 3.05) is 19.4 Å². The molecule has 2 N–H and O–H groups in total. The largest absolute Gasteiger partial charge is 0.496 e. The van der Waals surface area contributed by atoms with E-state index in [1.54, 1.807) is 13.3 Å². The van der Waals surface area contributed by atoms with Gasteiger partial charge in [0.15, 0.2) is 0 Å². The summed E-state index contributed by atoms with van der Waals surface area (Å²) in [6, 6.07) is 5.85. The van der Waals surface area contributed by atoms with Crippen molar-refractivity contribution >= 4 is 37.8 Å². The molecule has 3 heterocycles. The molecular weight excluding hydrogens is 476 g/mol. The third-order valence-corrected chi connectivity index (χ3v) is 5.84. The van der Waals surface area contributed by atoms with E-state index in [0.717, 1.165) is 63.4 Å². The highest BCUT2D eigenvalue weighted by Gasteiger charge is 2.26. The van der Waals surface area contributed by atoms with Crippen LogP contribution in [-0.2, 0) is 19.6 Å². The van der Waals surface area contributed by atoms with Crippen molar-refractivity contribution < 1.29 is 4.74 Å². The van der Waals surface area contributed by atoms with Crippen LogP contribution in [0.25, 0.3) is 11.3 Å². The van der Waals surface area contributed by atoms with E-state index in [-0.39, 0.29) is 5.95 Å². The molecule has 0 saturated carbocycles. The molecule has 1 aliphatic heterocycles. The number of fused-ring (bicyclic) bond motifs is 1. The van der Waals surface area contributed by atoms with E-state index >= 15 is 0 Å². The molecule has 0 saturated heterocycles. The Kier molecular flexibility index (Phi) is 5.16. The molecule has 0 radical (unpaired) electrons. The lowest BCUT2D eigenvalue weighted by atomic mass is 10.1. The van der Waals surface area contributed by atoms with Gasteiger partial charge in [-0.1, -0.05) is 15.9 Å². The first-order chi connectivity index (χ1) is 13.0. The Hall–Kier alpha value is -1.97. The summed E-state index contributed by atoms with van der Waals surface area (Å²) >= 11 is 7.15. The van der Waals surface area contributed by atoms with Crippen molar-refractivity contribution in [3.8, 4) is 17.0 Å². The SMILES string of the molecule is COc1cc(-c2nc(N)nc3c2CN(CCn2cccn2)C3)c(Br)cc1Br. The number of rotatable bonds is 5. The van der Waals surface area contributed by atoms with Gasteiger partial charge in [0.05, 0.1) is 29.5 Å². The molecule has 1 aliphatic rings. The lowest BCUT2D eigenvalue weighted by Crippen LogP contribution is -2.22. The first-order valence-electron chi connectivity index (χ1n) is 8.43. The van der Waals surface area contributed by atoms with Crippen LogP contribution in [0.1, 0.15) is 11.3 Å². The van der Waals surface area contributed by atoms with Gasteiger partial charge in [-0.15, -0.1) is 0 Å². The highest BCUT2D eigenvalue weighted by atomic mass is 79.9. The Morgan fingerprint density at radius 2 is 2.00 bits per heavy atom. The fourth-order valence-electron chi connectivity index (χ4n) is 3.26. The van der Waals surface area contributed by atoms with Gasteiger partial charge in [-0.3, -0.25) is 9.58 Å². The van der Waals surface area contributed by atoms with Crippen LogP contribution < -0.4 is 10.5 Å². The summed E-state index contributed by atoms with van der Waals surface area (Å²) in [7, 11) is 1.65. The Bertz CT molecular complexity index is 976. The van der Waals surface area contributed by atoms with Crippen LogP contribution in [0.15, 0.2) is 39.5 Å². The van der Waals surface area contributed by atoms with E-state index in [1.165, 1.54) is 0 Å². The average Bonchev–Trinajstić information content (AvgIpc) is 3.28. The Labute approximate surface area is 173 Å². The minimum atomic E-state index is 0.284. The molecule has 0 atom stereocenters. The number of hydrogen-bond acceptors (Lipinski definition) is 6. The zero-order chi connectivity index (χ0) is 19.0. The van der Waals surface area contributed by atoms with E-state index in [1.807, 2.05) is 29.1 Å².